The van der Waals surface area contributed by atoms with Crippen LogP contribution in [0.5, 0.6) is 5.75 Å². The molecule has 0 aliphatic rings. The fourth-order valence-electron chi connectivity index (χ4n) is 2.14. The Morgan fingerprint density at radius 3 is 2.69 bits per heavy atom. The third-order valence-corrected chi connectivity index (χ3v) is 4.95. The van der Waals surface area contributed by atoms with Gasteiger partial charge in [0.25, 0.3) is 0 Å². The van der Waals surface area contributed by atoms with Crippen LogP contribution in [0.4, 0.5) is 0 Å². The lowest BCUT2D eigenvalue weighted by atomic mass is 10.3. The van der Waals surface area contributed by atoms with Crippen LogP contribution in [0, 0.1) is 13.8 Å². The van der Waals surface area contributed by atoms with Gasteiger partial charge in [0.15, 0.2) is 5.96 Å². The van der Waals surface area contributed by atoms with E-state index in [9.17, 15) is 0 Å². The van der Waals surface area contributed by atoms with Gasteiger partial charge in [-0.1, -0.05) is 23.7 Å². The van der Waals surface area contributed by atoms with Crippen molar-refractivity contribution in [3.63, 3.8) is 0 Å². The normalized spacial score (nSPS) is 11.0. The maximum absolute atomic E-state index is 6.07. The number of para-hydroxylation sites is 1. The summed E-state index contributed by atoms with van der Waals surface area (Å²) in [7, 11) is 0. The maximum atomic E-state index is 6.07. The van der Waals surface area contributed by atoms with Crippen LogP contribution in [0.2, 0.25) is 5.02 Å². The van der Waals surface area contributed by atoms with Crippen LogP contribution >= 0.6 is 46.9 Å². The first-order valence-corrected chi connectivity index (χ1v) is 9.62. The quantitative estimate of drug-likeness (QED) is 0.243. The summed E-state index contributed by atoms with van der Waals surface area (Å²) in [5.41, 5.74) is 1.12. The molecule has 0 aliphatic heterocycles. The second kappa shape index (κ2) is 12.3. The van der Waals surface area contributed by atoms with E-state index in [1.165, 1.54) is 4.88 Å². The molecule has 8 heteroatoms. The van der Waals surface area contributed by atoms with E-state index in [-0.39, 0.29) is 24.0 Å². The molecule has 0 atom stereocenters. The van der Waals surface area contributed by atoms with Crippen molar-refractivity contribution in [2.45, 2.75) is 27.2 Å². The van der Waals surface area contributed by atoms with E-state index >= 15 is 0 Å². The molecule has 2 rings (SSSR count). The minimum atomic E-state index is 0. The molecule has 144 valence electrons. The number of hydrogen-bond donors (Lipinski definition) is 2. The van der Waals surface area contributed by atoms with Crippen LogP contribution in [0.1, 0.15) is 22.5 Å². The summed E-state index contributed by atoms with van der Waals surface area (Å²) in [6, 6.07) is 7.47. The van der Waals surface area contributed by atoms with E-state index in [0.717, 1.165) is 29.6 Å². The van der Waals surface area contributed by atoms with Gasteiger partial charge < -0.3 is 15.4 Å². The fraction of sp³-hybridized carbons (Fsp3) is 0.444. The van der Waals surface area contributed by atoms with E-state index < -0.39 is 0 Å². The summed E-state index contributed by atoms with van der Waals surface area (Å²) in [4.78, 5) is 10.4. The van der Waals surface area contributed by atoms with Crippen molar-refractivity contribution >= 4 is 52.9 Å². The predicted molar refractivity (Wildman–Crippen MR) is 122 cm³/mol. The minimum absolute atomic E-state index is 0. The van der Waals surface area contributed by atoms with Crippen molar-refractivity contribution < 1.29 is 4.74 Å². The number of rotatable bonds is 8. The second-order valence-corrected chi connectivity index (χ2v) is 7.16. The van der Waals surface area contributed by atoms with Crippen LogP contribution in [0.15, 0.2) is 29.3 Å². The summed E-state index contributed by atoms with van der Waals surface area (Å²) < 4.78 is 5.67. The number of ether oxygens (including phenoxy) is 1. The molecular weight excluding hydrogens is 483 g/mol. The molecule has 2 aromatic rings. The number of hydrogen-bond acceptors (Lipinski definition) is 4. The topological polar surface area (TPSA) is 58.5 Å². The SMILES string of the molecule is CCNC(=NCCc1nc(C)c(C)s1)NCCOc1ccccc1Cl.I. The molecule has 2 N–H and O–H groups in total. The van der Waals surface area contributed by atoms with Gasteiger partial charge in [0.2, 0.25) is 0 Å². The molecule has 0 saturated carbocycles. The predicted octanol–water partition coefficient (Wildman–Crippen LogP) is 4.21. The highest BCUT2D eigenvalue weighted by atomic mass is 127. The molecule has 0 saturated heterocycles. The van der Waals surface area contributed by atoms with Gasteiger partial charge in [-0.05, 0) is 32.9 Å². The smallest absolute Gasteiger partial charge is 0.191 e. The molecule has 1 heterocycles. The van der Waals surface area contributed by atoms with Crippen molar-refractivity contribution in [3.8, 4) is 5.75 Å². The summed E-state index contributed by atoms with van der Waals surface area (Å²) in [6.45, 7) is 8.86. The summed E-state index contributed by atoms with van der Waals surface area (Å²) >= 11 is 7.81. The van der Waals surface area contributed by atoms with Crippen LogP contribution in [0.25, 0.3) is 0 Å². The number of aryl methyl sites for hydroxylation is 2. The monoisotopic (exact) mass is 508 g/mol. The van der Waals surface area contributed by atoms with Gasteiger partial charge in [-0.3, -0.25) is 4.99 Å². The first-order chi connectivity index (χ1) is 12.1. The number of nitrogens with one attached hydrogen (secondary N) is 2. The molecule has 1 aromatic heterocycles. The third-order valence-electron chi connectivity index (χ3n) is 3.50. The first kappa shape index (κ1) is 23.0. The fourth-order valence-corrected chi connectivity index (χ4v) is 3.26. The molecule has 0 unspecified atom stereocenters. The lowest BCUT2D eigenvalue weighted by molar-refractivity contribution is 0.322. The lowest BCUT2D eigenvalue weighted by Crippen LogP contribution is -2.39. The van der Waals surface area contributed by atoms with Crippen LogP contribution in [0.3, 0.4) is 0 Å². The second-order valence-electron chi connectivity index (χ2n) is 5.47. The lowest BCUT2D eigenvalue weighted by Gasteiger charge is -2.12. The molecule has 0 amide bonds. The van der Waals surface area contributed by atoms with Crippen LogP contribution < -0.4 is 15.4 Å². The number of halogens is 2. The number of aromatic nitrogens is 1. The zero-order valence-corrected chi connectivity index (χ0v) is 19.2. The number of nitrogens with zero attached hydrogens (tertiary/aromatic N) is 2. The van der Waals surface area contributed by atoms with Gasteiger partial charge in [-0.25, -0.2) is 4.98 Å². The van der Waals surface area contributed by atoms with Crippen molar-refractivity contribution in [2.24, 2.45) is 4.99 Å². The Morgan fingerprint density at radius 2 is 2.04 bits per heavy atom. The van der Waals surface area contributed by atoms with E-state index in [1.54, 1.807) is 11.3 Å². The average molecular weight is 509 g/mol. The van der Waals surface area contributed by atoms with E-state index in [4.69, 9.17) is 16.3 Å². The highest BCUT2D eigenvalue weighted by molar-refractivity contribution is 14.0. The Kier molecular flexibility index (Phi) is 10.9. The van der Waals surface area contributed by atoms with Gasteiger partial charge in [-0.15, -0.1) is 35.3 Å². The third kappa shape index (κ3) is 7.67. The molecular formula is C18H26ClIN4OS. The highest BCUT2D eigenvalue weighted by Gasteiger charge is 2.04. The first-order valence-electron chi connectivity index (χ1n) is 8.42. The van der Waals surface area contributed by atoms with Crippen molar-refractivity contribution in [1.29, 1.82) is 0 Å². The molecule has 0 aliphatic carbocycles. The zero-order valence-electron chi connectivity index (χ0n) is 15.3. The van der Waals surface area contributed by atoms with Gasteiger partial charge in [-0.2, -0.15) is 0 Å². The van der Waals surface area contributed by atoms with Crippen LogP contribution in [-0.2, 0) is 6.42 Å². The molecule has 5 nitrogen and oxygen atoms in total. The maximum Gasteiger partial charge on any atom is 0.191 e. The number of benzene rings is 1. The minimum Gasteiger partial charge on any atom is -0.490 e. The summed E-state index contributed by atoms with van der Waals surface area (Å²) in [5.74, 6) is 1.48. The number of thiazole rings is 1. The Morgan fingerprint density at radius 1 is 1.27 bits per heavy atom. The van der Waals surface area contributed by atoms with E-state index in [2.05, 4.69) is 27.5 Å². The molecule has 0 spiro atoms. The standard InChI is InChI=1S/C18H25ClN4OS.HI/c1-4-20-18(21-10-9-17-23-13(2)14(3)25-17)22-11-12-24-16-8-6-5-7-15(16)19;/h5-8H,4,9-12H2,1-3H3,(H2,20,21,22);1H. The largest absolute Gasteiger partial charge is 0.490 e. The Hall–Kier alpha value is -1.06. The van der Waals surface area contributed by atoms with Crippen LogP contribution in [-0.4, -0.2) is 37.2 Å². The highest BCUT2D eigenvalue weighted by Crippen LogP contribution is 2.22. The molecule has 0 radical (unpaired) electrons. The van der Waals surface area contributed by atoms with E-state index in [0.29, 0.717) is 30.5 Å². The average Bonchev–Trinajstić information content (AvgIpc) is 2.91. The summed E-state index contributed by atoms with van der Waals surface area (Å²) in [5, 5.41) is 8.26. The van der Waals surface area contributed by atoms with Gasteiger partial charge in [0.05, 0.1) is 22.3 Å². The molecule has 26 heavy (non-hydrogen) atoms. The van der Waals surface area contributed by atoms with E-state index in [1.807, 2.05) is 38.1 Å². The van der Waals surface area contributed by atoms with Gasteiger partial charge in [0.1, 0.15) is 12.4 Å². The summed E-state index contributed by atoms with van der Waals surface area (Å²) in [6.07, 6.45) is 0.853. The number of aliphatic imine (C=N–C) groups is 1. The number of guanidine groups is 1. The Bertz CT molecular complexity index is 689. The molecule has 0 bridgehead atoms. The van der Waals surface area contributed by atoms with Crippen molar-refractivity contribution in [3.05, 3.63) is 44.9 Å². The zero-order chi connectivity index (χ0) is 18.1. The van der Waals surface area contributed by atoms with Gasteiger partial charge in [0, 0.05) is 24.4 Å². The van der Waals surface area contributed by atoms with Gasteiger partial charge >= 0.3 is 0 Å². The molecule has 0 fully saturated rings. The van der Waals surface area contributed by atoms with Crippen molar-refractivity contribution in [1.82, 2.24) is 15.6 Å². The Balaban J connectivity index is 0.00000338. The Labute approximate surface area is 181 Å². The van der Waals surface area contributed by atoms with Crippen molar-refractivity contribution in [2.75, 3.05) is 26.2 Å². The molecule has 1 aromatic carbocycles.